The van der Waals surface area contributed by atoms with Crippen molar-refractivity contribution in [2.24, 2.45) is 11.8 Å². The van der Waals surface area contributed by atoms with Gasteiger partial charge < -0.3 is 14.5 Å². The van der Waals surface area contributed by atoms with Crippen molar-refractivity contribution in [3.63, 3.8) is 0 Å². The van der Waals surface area contributed by atoms with Crippen LogP contribution < -0.4 is 4.74 Å². The monoisotopic (exact) mass is 455 g/mol. The number of hydrogen-bond donors (Lipinski definition) is 0. The summed E-state index contributed by atoms with van der Waals surface area (Å²) in [6.07, 6.45) is 1.20. The van der Waals surface area contributed by atoms with Crippen LogP contribution in [0.1, 0.15) is 29.9 Å². The van der Waals surface area contributed by atoms with Gasteiger partial charge in [-0.3, -0.25) is 14.5 Å². The van der Waals surface area contributed by atoms with Crippen LogP contribution in [0.15, 0.2) is 36.4 Å². The number of nitrogens with zero attached hydrogens (tertiary/aromatic N) is 3. The van der Waals surface area contributed by atoms with E-state index in [-0.39, 0.29) is 11.8 Å². The molecule has 2 aromatic rings. The standard InChI is InChI=1S/C25H33N3O3S/c1-18-13-19(2)16-28(15-18)23(29)17-26-9-11-27(12-10-26)25(30)24-21(31-3)14-22(32-24)20-7-5-4-6-8-20/h4-8,14,18-19H,9-13,15-17H2,1-3H3. The summed E-state index contributed by atoms with van der Waals surface area (Å²) in [7, 11) is 1.61. The summed E-state index contributed by atoms with van der Waals surface area (Å²) in [6.45, 7) is 9.31. The Morgan fingerprint density at radius 1 is 1.00 bits per heavy atom. The zero-order chi connectivity index (χ0) is 22.7. The Balaban J connectivity index is 1.35. The number of ether oxygens (including phenoxy) is 1. The number of thiophene rings is 1. The molecule has 0 N–H and O–H groups in total. The molecule has 32 heavy (non-hydrogen) atoms. The number of carbonyl (C=O) groups is 2. The van der Waals surface area contributed by atoms with E-state index in [4.69, 9.17) is 4.74 Å². The number of amides is 2. The van der Waals surface area contributed by atoms with Gasteiger partial charge in [0.15, 0.2) is 0 Å². The Morgan fingerprint density at radius 2 is 1.66 bits per heavy atom. The van der Waals surface area contributed by atoms with E-state index in [9.17, 15) is 9.59 Å². The Morgan fingerprint density at radius 3 is 2.28 bits per heavy atom. The molecule has 1 aromatic heterocycles. The molecule has 7 heteroatoms. The first-order chi connectivity index (χ1) is 15.4. The molecular formula is C25H33N3O3S. The summed E-state index contributed by atoms with van der Waals surface area (Å²) >= 11 is 1.48. The highest BCUT2D eigenvalue weighted by Crippen LogP contribution is 2.37. The van der Waals surface area contributed by atoms with Crippen LogP contribution in [0.5, 0.6) is 5.75 Å². The minimum atomic E-state index is 0.0127. The van der Waals surface area contributed by atoms with Crippen LogP contribution in [0, 0.1) is 11.8 Å². The van der Waals surface area contributed by atoms with Gasteiger partial charge in [-0.1, -0.05) is 44.2 Å². The van der Waals surface area contributed by atoms with Crippen molar-refractivity contribution < 1.29 is 14.3 Å². The smallest absolute Gasteiger partial charge is 0.267 e. The third-order valence-corrected chi connectivity index (χ3v) is 7.56. The van der Waals surface area contributed by atoms with Crippen LogP contribution in [0.2, 0.25) is 0 Å². The van der Waals surface area contributed by atoms with E-state index < -0.39 is 0 Å². The second-order valence-electron chi connectivity index (χ2n) is 9.19. The number of methoxy groups -OCH3 is 1. The molecule has 0 saturated carbocycles. The second kappa shape index (κ2) is 10.0. The Kier molecular flexibility index (Phi) is 7.16. The lowest BCUT2D eigenvalue weighted by molar-refractivity contribution is -0.135. The molecule has 6 nitrogen and oxygen atoms in total. The van der Waals surface area contributed by atoms with E-state index in [0.717, 1.165) is 36.6 Å². The Bertz CT molecular complexity index is 927. The highest BCUT2D eigenvalue weighted by Gasteiger charge is 2.30. The molecule has 2 saturated heterocycles. The van der Waals surface area contributed by atoms with Crippen molar-refractivity contribution in [2.45, 2.75) is 20.3 Å². The van der Waals surface area contributed by atoms with Crippen molar-refractivity contribution >= 4 is 23.2 Å². The normalized spacial score (nSPS) is 22.1. The maximum absolute atomic E-state index is 13.2. The molecule has 2 atom stereocenters. The molecule has 0 bridgehead atoms. The highest BCUT2D eigenvalue weighted by atomic mass is 32.1. The van der Waals surface area contributed by atoms with E-state index >= 15 is 0 Å². The van der Waals surface area contributed by atoms with Crippen molar-refractivity contribution in [3.05, 3.63) is 41.3 Å². The number of rotatable bonds is 5. The molecule has 1 aromatic carbocycles. The average molecular weight is 456 g/mol. The lowest BCUT2D eigenvalue weighted by Crippen LogP contribution is -2.53. The fraction of sp³-hybridized carbons (Fsp3) is 0.520. The fourth-order valence-corrected chi connectivity index (χ4v) is 5.93. The maximum atomic E-state index is 13.2. The van der Waals surface area contributed by atoms with Crippen molar-refractivity contribution in [1.29, 1.82) is 0 Å². The topological polar surface area (TPSA) is 53.1 Å². The molecule has 3 heterocycles. The van der Waals surface area contributed by atoms with Crippen LogP contribution in [-0.2, 0) is 4.79 Å². The third kappa shape index (κ3) is 5.15. The van der Waals surface area contributed by atoms with Crippen LogP contribution >= 0.6 is 11.3 Å². The van der Waals surface area contributed by atoms with Crippen LogP contribution in [0.3, 0.4) is 0 Å². The Hall–Kier alpha value is -2.38. The van der Waals surface area contributed by atoms with Gasteiger partial charge in [-0.25, -0.2) is 0 Å². The van der Waals surface area contributed by atoms with Crippen LogP contribution in [-0.4, -0.2) is 79.4 Å². The SMILES string of the molecule is COc1cc(-c2ccccc2)sc1C(=O)N1CCN(CC(=O)N2CC(C)CC(C)C2)CC1. The van der Waals surface area contributed by atoms with E-state index in [0.29, 0.717) is 42.1 Å². The van der Waals surface area contributed by atoms with Gasteiger partial charge in [-0.05, 0) is 29.9 Å². The second-order valence-corrected chi connectivity index (χ2v) is 10.2. The minimum Gasteiger partial charge on any atom is -0.495 e. The average Bonchev–Trinajstić information content (AvgIpc) is 3.23. The van der Waals surface area contributed by atoms with Crippen molar-refractivity contribution in [3.8, 4) is 16.2 Å². The van der Waals surface area contributed by atoms with E-state index in [2.05, 4.69) is 18.7 Å². The summed E-state index contributed by atoms with van der Waals surface area (Å²) in [5.41, 5.74) is 1.08. The summed E-state index contributed by atoms with van der Waals surface area (Å²) in [5.74, 6) is 2.00. The summed E-state index contributed by atoms with van der Waals surface area (Å²) < 4.78 is 5.52. The minimum absolute atomic E-state index is 0.0127. The third-order valence-electron chi connectivity index (χ3n) is 6.41. The van der Waals surface area contributed by atoms with Gasteiger partial charge in [0.1, 0.15) is 10.6 Å². The first kappa shape index (κ1) is 22.8. The largest absolute Gasteiger partial charge is 0.495 e. The van der Waals surface area contributed by atoms with Crippen molar-refractivity contribution in [2.75, 3.05) is 52.9 Å². The van der Waals surface area contributed by atoms with E-state index in [1.165, 1.54) is 17.8 Å². The predicted octanol–water partition coefficient (Wildman–Crippen LogP) is 3.69. The number of piperidine rings is 1. The molecule has 2 unspecified atom stereocenters. The van der Waals surface area contributed by atoms with Gasteiger partial charge >= 0.3 is 0 Å². The molecule has 4 rings (SSSR count). The van der Waals surface area contributed by atoms with E-state index in [1.54, 1.807) is 7.11 Å². The summed E-state index contributed by atoms with van der Waals surface area (Å²) in [4.78, 5) is 33.8. The molecule has 172 valence electrons. The highest BCUT2D eigenvalue weighted by molar-refractivity contribution is 7.17. The van der Waals surface area contributed by atoms with Crippen LogP contribution in [0.4, 0.5) is 0 Å². The lowest BCUT2D eigenvalue weighted by Gasteiger charge is -2.38. The van der Waals surface area contributed by atoms with Gasteiger partial charge in [0.25, 0.3) is 5.91 Å². The molecule has 2 aliphatic rings. The van der Waals surface area contributed by atoms with Crippen molar-refractivity contribution in [1.82, 2.24) is 14.7 Å². The molecule has 2 aliphatic heterocycles. The number of benzene rings is 1. The first-order valence-electron chi connectivity index (χ1n) is 11.5. The summed E-state index contributed by atoms with van der Waals surface area (Å²) in [6, 6.07) is 12.0. The number of carbonyl (C=O) groups excluding carboxylic acids is 2. The Labute approximate surface area is 194 Å². The fourth-order valence-electron chi connectivity index (χ4n) is 4.83. The van der Waals surface area contributed by atoms with E-state index in [1.807, 2.05) is 46.2 Å². The number of piperazine rings is 1. The molecule has 2 amide bonds. The van der Waals surface area contributed by atoms with Gasteiger partial charge in [-0.2, -0.15) is 0 Å². The zero-order valence-electron chi connectivity index (χ0n) is 19.3. The molecule has 0 spiro atoms. The zero-order valence-corrected chi connectivity index (χ0v) is 20.1. The molecule has 2 fully saturated rings. The van der Waals surface area contributed by atoms with Gasteiger partial charge in [0.2, 0.25) is 5.91 Å². The molecule has 0 radical (unpaired) electrons. The number of likely N-dealkylation sites (tertiary alicyclic amines) is 1. The number of hydrogen-bond acceptors (Lipinski definition) is 5. The van der Waals surface area contributed by atoms with Gasteiger partial charge in [0, 0.05) is 44.1 Å². The van der Waals surface area contributed by atoms with Gasteiger partial charge in [0.05, 0.1) is 13.7 Å². The lowest BCUT2D eigenvalue weighted by atomic mass is 9.92. The summed E-state index contributed by atoms with van der Waals surface area (Å²) in [5, 5.41) is 0. The maximum Gasteiger partial charge on any atom is 0.267 e. The predicted molar refractivity (Wildman–Crippen MR) is 128 cm³/mol. The quantitative estimate of drug-likeness (QED) is 0.690. The molecular weight excluding hydrogens is 422 g/mol. The first-order valence-corrected chi connectivity index (χ1v) is 12.3. The van der Waals surface area contributed by atoms with Crippen LogP contribution in [0.25, 0.3) is 10.4 Å². The van der Waals surface area contributed by atoms with Gasteiger partial charge in [-0.15, -0.1) is 11.3 Å². The molecule has 0 aliphatic carbocycles.